The van der Waals surface area contributed by atoms with Gasteiger partial charge in [-0.25, -0.2) is 0 Å². The summed E-state index contributed by atoms with van der Waals surface area (Å²) in [5.74, 6) is 0. The first-order valence-corrected chi connectivity index (χ1v) is 4.44. The third-order valence-corrected chi connectivity index (χ3v) is 2.57. The van der Waals surface area contributed by atoms with Crippen molar-refractivity contribution in [3.8, 4) is 0 Å². The molecule has 0 spiro atoms. The number of pyridine rings is 1. The van der Waals surface area contributed by atoms with Gasteiger partial charge in [-0.05, 0) is 25.8 Å². The number of nitrogens with two attached hydrogens (primary N) is 1. The second-order valence-corrected chi connectivity index (χ2v) is 3.74. The molecule has 1 aromatic rings. The van der Waals surface area contributed by atoms with Gasteiger partial charge in [0.05, 0.1) is 10.5 Å². The van der Waals surface area contributed by atoms with Crippen molar-refractivity contribution >= 4 is 5.69 Å². The van der Waals surface area contributed by atoms with Gasteiger partial charge < -0.3 is 5.73 Å². The Bertz CT molecular complexity index is 399. The molecule has 0 aromatic carbocycles. The Kier molecular flexibility index (Phi) is 1.78. The Morgan fingerprint density at radius 3 is 2.79 bits per heavy atom. The van der Waals surface area contributed by atoms with E-state index >= 15 is 0 Å². The topological polar surface area (TPSA) is 82.0 Å². The molecule has 0 saturated heterocycles. The SMILES string of the molecule is Cc1ccnc(C2(N)CC2)c1[N+](=O)[O-]. The van der Waals surface area contributed by atoms with Crippen LogP contribution in [0.4, 0.5) is 5.69 Å². The first kappa shape index (κ1) is 9.08. The van der Waals surface area contributed by atoms with Crippen molar-refractivity contribution < 1.29 is 4.92 Å². The summed E-state index contributed by atoms with van der Waals surface area (Å²) in [6.45, 7) is 1.70. The molecule has 14 heavy (non-hydrogen) atoms. The molecule has 74 valence electrons. The van der Waals surface area contributed by atoms with Crippen LogP contribution < -0.4 is 5.73 Å². The summed E-state index contributed by atoms with van der Waals surface area (Å²) in [6, 6.07) is 1.63. The maximum atomic E-state index is 10.8. The Morgan fingerprint density at radius 1 is 1.64 bits per heavy atom. The van der Waals surface area contributed by atoms with Gasteiger partial charge in [0.15, 0.2) is 0 Å². The minimum absolute atomic E-state index is 0.0764. The summed E-state index contributed by atoms with van der Waals surface area (Å²) < 4.78 is 0. The Morgan fingerprint density at radius 2 is 2.29 bits per heavy atom. The molecule has 0 amide bonds. The highest BCUT2D eigenvalue weighted by Gasteiger charge is 2.46. The van der Waals surface area contributed by atoms with Gasteiger partial charge in [-0.1, -0.05) is 0 Å². The highest BCUT2D eigenvalue weighted by Crippen LogP contribution is 2.45. The van der Waals surface area contributed by atoms with Gasteiger partial charge in [0, 0.05) is 11.8 Å². The van der Waals surface area contributed by atoms with Crippen molar-refractivity contribution in [3.63, 3.8) is 0 Å². The maximum absolute atomic E-state index is 10.8. The van der Waals surface area contributed by atoms with E-state index in [0.29, 0.717) is 11.3 Å². The van der Waals surface area contributed by atoms with Crippen LogP contribution in [0.3, 0.4) is 0 Å². The number of nitro groups is 1. The third-order valence-electron chi connectivity index (χ3n) is 2.57. The number of rotatable bonds is 2. The second kappa shape index (κ2) is 2.75. The number of aryl methyl sites for hydroxylation is 1. The lowest BCUT2D eigenvalue weighted by Gasteiger charge is -2.09. The van der Waals surface area contributed by atoms with E-state index in [2.05, 4.69) is 4.98 Å². The fraction of sp³-hybridized carbons (Fsp3) is 0.444. The predicted molar refractivity (Wildman–Crippen MR) is 50.7 cm³/mol. The van der Waals surface area contributed by atoms with E-state index in [9.17, 15) is 10.1 Å². The van der Waals surface area contributed by atoms with Crippen molar-refractivity contribution in [1.29, 1.82) is 0 Å². The van der Waals surface area contributed by atoms with Crippen molar-refractivity contribution in [2.75, 3.05) is 0 Å². The molecule has 1 heterocycles. The molecule has 0 atom stereocenters. The van der Waals surface area contributed by atoms with Crippen LogP contribution in [0, 0.1) is 17.0 Å². The van der Waals surface area contributed by atoms with Crippen molar-refractivity contribution in [1.82, 2.24) is 4.98 Å². The lowest BCUT2D eigenvalue weighted by atomic mass is 10.1. The molecule has 5 heteroatoms. The molecule has 0 radical (unpaired) electrons. The standard InChI is InChI=1S/C9H11N3O2/c1-6-2-5-11-8(7(6)12(13)14)9(10)3-4-9/h2,5H,3-4,10H2,1H3. The fourth-order valence-corrected chi connectivity index (χ4v) is 1.52. The number of hydrogen-bond donors (Lipinski definition) is 1. The third kappa shape index (κ3) is 1.26. The number of aromatic nitrogens is 1. The van der Waals surface area contributed by atoms with Gasteiger partial charge in [-0.15, -0.1) is 0 Å². The summed E-state index contributed by atoms with van der Waals surface area (Å²) >= 11 is 0. The maximum Gasteiger partial charge on any atom is 0.295 e. The Balaban J connectivity index is 2.59. The van der Waals surface area contributed by atoms with Gasteiger partial charge in [0.25, 0.3) is 5.69 Å². The number of nitrogens with zero attached hydrogens (tertiary/aromatic N) is 2. The van der Waals surface area contributed by atoms with Crippen molar-refractivity contribution in [2.45, 2.75) is 25.3 Å². The lowest BCUT2D eigenvalue weighted by Crippen LogP contribution is -2.22. The van der Waals surface area contributed by atoms with Crippen LogP contribution >= 0.6 is 0 Å². The highest BCUT2D eigenvalue weighted by molar-refractivity contribution is 5.48. The summed E-state index contributed by atoms with van der Waals surface area (Å²) in [7, 11) is 0. The molecule has 1 aliphatic rings. The summed E-state index contributed by atoms with van der Waals surface area (Å²) in [5.41, 5.74) is 6.49. The normalized spacial score (nSPS) is 17.9. The molecule has 0 aliphatic heterocycles. The van der Waals surface area contributed by atoms with Crippen LogP contribution in [0.15, 0.2) is 12.3 Å². The average Bonchev–Trinajstić information content (AvgIpc) is 2.84. The number of hydrogen-bond acceptors (Lipinski definition) is 4. The van der Waals surface area contributed by atoms with E-state index in [1.807, 2.05) is 0 Å². The summed E-state index contributed by atoms with van der Waals surface area (Å²) in [5, 5.41) is 10.8. The first-order chi connectivity index (χ1) is 6.54. The Labute approximate surface area is 81.1 Å². The molecular formula is C9H11N3O2. The minimum Gasteiger partial charge on any atom is -0.320 e. The van der Waals surface area contributed by atoms with E-state index in [1.165, 1.54) is 0 Å². The largest absolute Gasteiger partial charge is 0.320 e. The molecular weight excluding hydrogens is 182 g/mol. The Hall–Kier alpha value is -1.49. The van der Waals surface area contributed by atoms with Crippen LogP contribution in [0.5, 0.6) is 0 Å². The summed E-state index contributed by atoms with van der Waals surface area (Å²) in [4.78, 5) is 14.5. The predicted octanol–water partition coefficient (Wildman–Crippen LogP) is 1.25. The van der Waals surface area contributed by atoms with E-state index < -0.39 is 10.5 Å². The van der Waals surface area contributed by atoms with Crippen LogP contribution in [0.25, 0.3) is 0 Å². The molecule has 1 saturated carbocycles. The van der Waals surface area contributed by atoms with Crippen LogP contribution in [-0.2, 0) is 5.54 Å². The van der Waals surface area contributed by atoms with E-state index in [0.717, 1.165) is 12.8 Å². The monoisotopic (exact) mass is 193 g/mol. The zero-order valence-electron chi connectivity index (χ0n) is 7.86. The highest BCUT2D eigenvalue weighted by atomic mass is 16.6. The molecule has 1 fully saturated rings. The zero-order valence-corrected chi connectivity index (χ0v) is 7.86. The molecule has 0 unspecified atom stereocenters. The molecule has 5 nitrogen and oxygen atoms in total. The first-order valence-electron chi connectivity index (χ1n) is 4.44. The molecule has 2 N–H and O–H groups in total. The van der Waals surface area contributed by atoms with Crippen LogP contribution in [-0.4, -0.2) is 9.91 Å². The molecule has 0 bridgehead atoms. The zero-order chi connectivity index (χ0) is 10.3. The smallest absolute Gasteiger partial charge is 0.295 e. The van der Waals surface area contributed by atoms with Crippen molar-refractivity contribution in [3.05, 3.63) is 33.6 Å². The van der Waals surface area contributed by atoms with Gasteiger partial charge in [0.1, 0.15) is 5.69 Å². The van der Waals surface area contributed by atoms with E-state index in [1.54, 1.807) is 19.2 Å². The molecule has 1 aromatic heterocycles. The molecule has 2 rings (SSSR count). The molecule has 1 aliphatic carbocycles. The van der Waals surface area contributed by atoms with E-state index in [-0.39, 0.29) is 5.69 Å². The summed E-state index contributed by atoms with van der Waals surface area (Å²) in [6.07, 6.45) is 3.14. The average molecular weight is 193 g/mol. The van der Waals surface area contributed by atoms with Gasteiger partial charge in [-0.3, -0.25) is 15.1 Å². The van der Waals surface area contributed by atoms with Crippen LogP contribution in [0.2, 0.25) is 0 Å². The van der Waals surface area contributed by atoms with Crippen molar-refractivity contribution in [2.24, 2.45) is 5.73 Å². The van der Waals surface area contributed by atoms with Crippen LogP contribution in [0.1, 0.15) is 24.1 Å². The van der Waals surface area contributed by atoms with Gasteiger partial charge >= 0.3 is 0 Å². The second-order valence-electron chi connectivity index (χ2n) is 3.74. The minimum atomic E-state index is -0.547. The fourth-order valence-electron chi connectivity index (χ4n) is 1.52. The van der Waals surface area contributed by atoms with Gasteiger partial charge in [-0.2, -0.15) is 0 Å². The lowest BCUT2D eigenvalue weighted by molar-refractivity contribution is -0.386. The van der Waals surface area contributed by atoms with E-state index in [4.69, 9.17) is 5.73 Å². The van der Waals surface area contributed by atoms with Gasteiger partial charge in [0.2, 0.25) is 0 Å². The quantitative estimate of drug-likeness (QED) is 0.566.